The molecule has 0 heterocycles. The molecule has 0 aliphatic heterocycles. The van der Waals surface area contributed by atoms with Gasteiger partial charge in [-0.25, -0.2) is 0 Å². The molecule has 0 rings (SSSR count). The third kappa shape index (κ3) is 24.8. The molecule has 85 valence electrons. The van der Waals surface area contributed by atoms with Gasteiger partial charge in [0.25, 0.3) is 0 Å². The monoisotopic (exact) mass is 291 g/mol. The van der Waals surface area contributed by atoms with Crippen LogP contribution in [0.5, 0.6) is 0 Å². The zero-order chi connectivity index (χ0) is 11.6. The number of rotatable bonds is 5. The standard InChI is InChI=1S/C7H15NO3.CNO.Y/c1-5(2)11-4-6(9)3-7(8)10;2-1-3;/h5-6,9H,3-4H2,1-2H3,(H2,8,10);;/q;-1;/p-1. The van der Waals surface area contributed by atoms with Crippen LogP contribution in [0.1, 0.15) is 20.3 Å². The van der Waals surface area contributed by atoms with E-state index in [2.05, 4.69) is 0 Å². The molecule has 1 atom stereocenters. The minimum Gasteiger partial charge on any atom is -0.724 e. The van der Waals surface area contributed by atoms with E-state index in [1.807, 2.05) is 13.8 Å². The van der Waals surface area contributed by atoms with E-state index >= 15 is 0 Å². The number of nitrogens with zero attached hydrogens (tertiary/aromatic N) is 1. The van der Waals surface area contributed by atoms with Gasteiger partial charge in [-0.2, -0.15) is 0 Å². The summed E-state index contributed by atoms with van der Waals surface area (Å²) in [5.41, 5.74) is 6.54. The molecule has 15 heavy (non-hydrogen) atoms. The summed E-state index contributed by atoms with van der Waals surface area (Å²) in [6.07, 6.45) is -0.430. The number of carbonyl (C=O) groups excluding carboxylic acids is 2. The van der Waals surface area contributed by atoms with Crippen LogP contribution in [0.4, 0.5) is 0 Å². The molecule has 0 bridgehead atoms. The molecular weight excluding hydrogens is 277 g/mol. The summed E-state index contributed by atoms with van der Waals surface area (Å²) in [5, 5.41) is 15.8. The number of ether oxygens (including phenoxy) is 1. The summed E-state index contributed by atoms with van der Waals surface area (Å²) in [5.74, 6) is -0.759. The van der Waals surface area contributed by atoms with Gasteiger partial charge in [0.1, 0.15) is 0 Å². The predicted molar refractivity (Wildman–Crippen MR) is 50.1 cm³/mol. The Morgan fingerprint density at radius 3 is 2.27 bits per heavy atom. The molecule has 2 N–H and O–H groups in total. The molecule has 0 saturated carbocycles. The van der Waals surface area contributed by atoms with Crippen molar-refractivity contribution in [2.24, 2.45) is 0 Å². The van der Waals surface area contributed by atoms with Gasteiger partial charge < -0.3 is 25.8 Å². The predicted octanol–water partition coefficient (Wildman–Crippen LogP) is 0.630. The number of amides is 1. The molecule has 7 heteroatoms. The van der Waals surface area contributed by atoms with Gasteiger partial charge in [0.15, 0.2) is 0 Å². The number of hydrogen-bond donors (Lipinski definition) is 1. The Kier molecular flexibility index (Phi) is 18.8. The van der Waals surface area contributed by atoms with Crippen LogP contribution in [0, 0.1) is 0 Å². The molecule has 0 fully saturated rings. The van der Waals surface area contributed by atoms with Crippen molar-refractivity contribution in [3.05, 3.63) is 11.1 Å². The van der Waals surface area contributed by atoms with Crippen LogP contribution in [-0.4, -0.2) is 35.9 Å². The quantitative estimate of drug-likeness (QED) is 0.591. The van der Waals surface area contributed by atoms with Gasteiger partial charge in [0, 0.05) is 39.1 Å². The minimum absolute atomic E-state index is 0. The first-order valence-electron chi connectivity index (χ1n) is 3.99. The van der Waals surface area contributed by atoms with Crippen molar-refractivity contribution in [2.75, 3.05) is 6.61 Å². The van der Waals surface area contributed by atoms with Crippen molar-refractivity contribution in [3.63, 3.8) is 0 Å². The molecule has 1 amide bonds. The summed E-state index contributed by atoms with van der Waals surface area (Å²) < 4.78 is 5.02. The van der Waals surface area contributed by atoms with Crippen LogP contribution in [-0.2, 0) is 47.0 Å². The topological polar surface area (TPSA) is 110 Å². The normalized spacial score (nSPS) is 10.4. The van der Waals surface area contributed by atoms with E-state index in [9.17, 15) is 4.79 Å². The number of aliphatic hydroxyl groups is 1. The van der Waals surface area contributed by atoms with Crippen molar-refractivity contribution in [1.29, 1.82) is 0 Å². The first-order valence-corrected chi connectivity index (χ1v) is 3.99. The van der Waals surface area contributed by atoms with Gasteiger partial charge in [-0.15, -0.1) is 0 Å². The fourth-order valence-electron chi connectivity index (χ4n) is 0.576. The third-order valence-corrected chi connectivity index (χ3v) is 1.04. The van der Waals surface area contributed by atoms with Gasteiger partial charge in [0.2, 0.25) is 0 Å². The Morgan fingerprint density at radius 2 is 2.00 bits per heavy atom. The molecule has 0 aromatic rings. The van der Waals surface area contributed by atoms with Crippen molar-refractivity contribution in [2.45, 2.75) is 32.5 Å². The van der Waals surface area contributed by atoms with Gasteiger partial charge in [-0.1, -0.05) is 0 Å². The smallest absolute Gasteiger partial charge is 0.0827 e. The molecule has 0 saturated heterocycles. The maximum Gasteiger partial charge on any atom is 0.0827 e. The second-order valence-corrected chi connectivity index (χ2v) is 2.75. The van der Waals surface area contributed by atoms with E-state index in [4.69, 9.17) is 25.8 Å². The molecule has 1 unspecified atom stereocenters. The molecule has 6 nitrogen and oxygen atoms in total. The average molecular weight is 291 g/mol. The Bertz CT molecular complexity index is 193. The number of aliphatic hydroxyl groups excluding tert-OH is 1. The zero-order valence-electron chi connectivity index (χ0n) is 8.77. The van der Waals surface area contributed by atoms with Gasteiger partial charge in [-0.05, 0) is 19.9 Å². The Balaban J connectivity index is -0.000000320. The van der Waals surface area contributed by atoms with Gasteiger partial charge in [0.05, 0.1) is 24.7 Å². The number of hydrogen-bond acceptors (Lipinski definition) is 4. The van der Waals surface area contributed by atoms with Crippen LogP contribution in [0.15, 0.2) is 0 Å². The van der Waals surface area contributed by atoms with E-state index in [0.29, 0.717) is 6.08 Å². The fraction of sp³-hybridized carbons (Fsp3) is 0.750. The molecule has 0 aromatic carbocycles. The van der Waals surface area contributed by atoms with Crippen molar-refractivity contribution in [1.82, 2.24) is 0 Å². The minimum atomic E-state index is -0.831. The van der Waals surface area contributed by atoms with E-state index in [1.165, 1.54) is 0 Å². The maximum atomic E-state index is 10.1. The summed E-state index contributed by atoms with van der Waals surface area (Å²) >= 11 is 0. The van der Waals surface area contributed by atoms with Crippen LogP contribution in [0.2, 0.25) is 0 Å². The van der Waals surface area contributed by atoms with Crippen LogP contribution < -0.4 is 0 Å². The molecule has 0 aromatic heterocycles. The maximum absolute atomic E-state index is 10.1. The summed E-state index contributed by atoms with van der Waals surface area (Å²) in [6.45, 7) is 3.81. The SMILES string of the molecule is CC(C)OCC(O)CC([NH-])=O.[N-]=C=O.[Y]. The van der Waals surface area contributed by atoms with E-state index in [-0.39, 0.29) is 51.8 Å². The largest absolute Gasteiger partial charge is 0.724 e. The molecular formula is C8H14N2O4Y-2. The second kappa shape index (κ2) is 13.9. The number of carbonyl (C=O) groups is 1. The zero-order valence-corrected chi connectivity index (χ0v) is 11.6. The number of nitrogens with one attached hydrogen (secondary N) is 1. The van der Waals surface area contributed by atoms with Crippen LogP contribution in [0.25, 0.3) is 11.1 Å². The van der Waals surface area contributed by atoms with Crippen molar-refractivity contribution in [3.8, 4) is 0 Å². The first-order chi connectivity index (χ1) is 6.43. The Hall–Kier alpha value is -0.126. The van der Waals surface area contributed by atoms with Crippen molar-refractivity contribution >= 4 is 12.0 Å². The third-order valence-electron chi connectivity index (χ3n) is 1.04. The van der Waals surface area contributed by atoms with Gasteiger partial charge in [-0.3, -0.25) is 4.79 Å². The molecule has 1 radical (unpaired) electrons. The Morgan fingerprint density at radius 1 is 1.60 bits per heavy atom. The molecule has 0 aliphatic carbocycles. The number of isocyanates is 1. The van der Waals surface area contributed by atoms with Crippen LogP contribution >= 0.6 is 0 Å². The second-order valence-electron chi connectivity index (χ2n) is 2.75. The van der Waals surface area contributed by atoms with E-state index in [1.54, 1.807) is 0 Å². The average Bonchev–Trinajstić information content (AvgIpc) is 2.01. The summed E-state index contributed by atoms with van der Waals surface area (Å²) in [6, 6.07) is 0. The first kappa shape index (κ1) is 20.3. The van der Waals surface area contributed by atoms with Gasteiger partial charge >= 0.3 is 0 Å². The van der Waals surface area contributed by atoms with Crippen LogP contribution in [0.3, 0.4) is 0 Å². The van der Waals surface area contributed by atoms with E-state index < -0.39 is 12.0 Å². The molecule has 0 spiro atoms. The molecule has 0 aliphatic rings. The van der Waals surface area contributed by atoms with E-state index in [0.717, 1.165) is 0 Å². The van der Waals surface area contributed by atoms with Crippen molar-refractivity contribution < 1.29 is 52.1 Å². The Labute approximate surface area is 114 Å². The summed E-state index contributed by atoms with van der Waals surface area (Å²) in [4.78, 5) is 18.4. The fourth-order valence-corrected chi connectivity index (χ4v) is 0.576. The summed E-state index contributed by atoms with van der Waals surface area (Å²) in [7, 11) is 0.